The van der Waals surface area contributed by atoms with Crippen molar-refractivity contribution in [2.24, 2.45) is 0 Å². The second-order valence-corrected chi connectivity index (χ2v) is 6.59. The maximum atomic E-state index is 14.0. The van der Waals surface area contributed by atoms with Crippen LogP contribution in [0.15, 0.2) is 35.2 Å². The van der Waals surface area contributed by atoms with Crippen LogP contribution in [-0.4, -0.2) is 31.6 Å². The Bertz CT molecular complexity index is 906. The Labute approximate surface area is 151 Å². The zero-order valence-corrected chi connectivity index (χ0v) is 14.8. The Morgan fingerprint density at radius 1 is 1.31 bits per heavy atom. The highest BCUT2D eigenvalue weighted by molar-refractivity contribution is 5.62. The van der Waals surface area contributed by atoms with E-state index in [4.69, 9.17) is 9.51 Å². The molecule has 1 aliphatic heterocycles. The molecule has 1 aliphatic rings. The van der Waals surface area contributed by atoms with Crippen LogP contribution < -0.4 is 0 Å². The summed E-state index contributed by atoms with van der Waals surface area (Å²) < 4.78 is 19.2. The Kier molecular flexibility index (Phi) is 4.46. The van der Waals surface area contributed by atoms with E-state index in [1.807, 2.05) is 13.8 Å². The number of rotatable bonds is 4. The van der Waals surface area contributed by atoms with Gasteiger partial charge >= 0.3 is 0 Å². The molecular formula is C19H20FN5O. The molecule has 0 spiro atoms. The first kappa shape index (κ1) is 16.8. The predicted octanol–water partition coefficient (Wildman–Crippen LogP) is 3.62. The van der Waals surface area contributed by atoms with E-state index in [0.29, 0.717) is 12.2 Å². The molecule has 1 saturated heterocycles. The third kappa shape index (κ3) is 3.10. The van der Waals surface area contributed by atoms with Gasteiger partial charge in [-0.3, -0.25) is 14.9 Å². The molecule has 0 aliphatic carbocycles. The molecule has 134 valence electrons. The van der Waals surface area contributed by atoms with Gasteiger partial charge in [0, 0.05) is 12.7 Å². The molecular weight excluding hydrogens is 333 g/mol. The molecule has 1 fully saturated rings. The van der Waals surface area contributed by atoms with Crippen molar-refractivity contribution in [1.29, 1.82) is 0 Å². The normalized spacial score (nSPS) is 17.7. The molecule has 7 heteroatoms. The van der Waals surface area contributed by atoms with Crippen molar-refractivity contribution in [3.05, 3.63) is 59.4 Å². The lowest BCUT2D eigenvalue weighted by Crippen LogP contribution is -2.24. The first-order valence-corrected chi connectivity index (χ1v) is 8.72. The minimum absolute atomic E-state index is 0.101. The lowest BCUT2D eigenvalue weighted by atomic mass is 10.1. The number of hydrogen-bond acceptors (Lipinski definition) is 6. The van der Waals surface area contributed by atoms with Crippen LogP contribution in [0.25, 0.3) is 11.3 Å². The van der Waals surface area contributed by atoms with Crippen molar-refractivity contribution in [3.63, 3.8) is 0 Å². The van der Waals surface area contributed by atoms with Crippen LogP contribution >= 0.6 is 0 Å². The van der Waals surface area contributed by atoms with Gasteiger partial charge in [0.25, 0.3) is 0 Å². The highest BCUT2D eigenvalue weighted by atomic mass is 19.1. The quantitative estimate of drug-likeness (QED) is 0.714. The minimum atomic E-state index is -0.270. The molecule has 4 heterocycles. The van der Waals surface area contributed by atoms with Gasteiger partial charge in [0.15, 0.2) is 0 Å². The fourth-order valence-corrected chi connectivity index (χ4v) is 3.59. The molecule has 0 saturated carbocycles. The summed E-state index contributed by atoms with van der Waals surface area (Å²) in [6.07, 6.45) is 7.15. The maximum Gasteiger partial charge on any atom is 0.146 e. The zero-order chi connectivity index (χ0) is 18.1. The second kappa shape index (κ2) is 6.92. The molecule has 26 heavy (non-hydrogen) atoms. The number of hydrogen-bond donors (Lipinski definition) is 0. The van der Waals surface area contributed by atoms with Crippen molar-refractivity contribution in [2.75, 3.05) is 6.54 Å². The van der Waals surface area contributed by atoms with Crippen molar-refractivity contribution < 1.29 is 8.91 Å². The van der Waals surface area contributed by atoms with Crippen LogP contribution in [0.5, 0.6) is 0 Å². The fraction of sp³-hybridized carbons (Fsp3) is 0.368. The standard InChI is InChI=1S/C19H20FN5O/c1-12-19(13(2)26-24-12)16-10-21-9-15(23-16)18-6-4-8-25(18)11-17-14(20)5-3-7-22-17/h3,5,7,9-10,18H,4,6,8,11H2,1-2H3/t18-/m1/s1. The van der Waals surface area contributed by atoms with Crippen LogP contribution in [-0.2, 0) is 6.54 Å². The minimum Gasteiger partial charge on any atom is -0.361 e. The zero-order valence-electron chi connectivity index (χ0n) is 14.8. The SMILES string of the molecule is Cc1noc(C)c1-c1cncc([C@H]2CCCN2Cc2ncccc2F)n1. The summed E-state index contributed by atoms with van der Waals surface area (Å²) in [4.78, 5) is 15.6. The number of nitrogens with zero attached hydrogens (tertiary/aromatic N) is 5. The highest BCUT2D eigenvalue weighted by Gasteiger charge is 2.29. The molecule has 0 bridgehead atoms. The lowest BCUT2D eigenvalue weighted by molar-refractivity contribution is 0.237. The number of likely N-dealkylation sites (tertiary alicyclic amines) is 1. The average Bonchev–Trinajstić information content (AvgIpc) is 3.23. The van der Waals surface area contributed by atoms with E-state index in [2.05, 4.69) is 20.0 Å². The van der Waals surface area contributed by atoms with Gasteiger partial charge in [0.2, 0.25) is 0 Å². The van der Waals surface area contributed by atoms with Gasteiger partial charge in [-0.15, -0.1) is 0 Å². The Morgan fingerprint density at radius 2 is 2.19 bits per heavy atom. The smallest absolute Gasteiger partial charge is 0.146 e. The van der Waals surface area contributed by atoms with Crippen molar-refractivity contribution in [3.8, 4) is 11.3 Å². The monoisotopic (exact) mass is 353 g/mol. The largest absolute Gasteiger partial charge is 0.361 e. The van der Waals surface area contributed by atoms with Gasteiger partial charge in [-0.1, -0.05) is 5.16 Å². The molecule has 0 N–H and O–H groups in total. The summed E-state index contributed by atoms with van der Waals surface area (Å²) in [5.74, 6) is 0.460. The van der Waals surface area contributed by atoms with Gasteiger partial charge in [0.05, 0.1) is 46.8 Å². The molecule has 3 aromatic rings. The van der Waals surface area contributed by atoms with Crippen LogP contribution in [0.1, 0.15) is 41.7 Å². The summed E-state index contributed by atoms with van der Waals surface area (Å²) in [7, 11) is 0. The van der Waals surface area contributed by atoms with Crippen LogP contribution in [0, 0.1) is 19.7 Å². The fourth-order valence-electron chi connectivity index (χ4n) is 3.59. The topological polar surface area (TPSA) is 67.9 Å². The molecule has 0 unspecified atom stereocenters. The van der Waals surface area contributed by atoms with Crippen LogP contribution in [0.3, 0.4) is 0 Å². The summed E-state index contributed by atoms with van der Waals surface area (Å²) in [6, 6.07) is 3.16. The lowest BCUT2D eigenvalue weighted by Gasteiger charge is -2.23. The number of halogens is 1. The molecule has 0 radical (unpaired) electrons. The van der Waals surface area contributed by atoms with E-state index in [-0.39, 0.29) is 11.9 Å². The van der Waals surface area contributed by atoms with Gasteiger partial charge in [0.1, 0.15) is 11.6 Å². The molecule has 6 nitrogen and oxygen atoms in total. The van der Waals surface area contributed by atoms with Crippen molar-refractivity contribution in [2.45, 2.75) is 39.3 Å². The van der Waals surface area contributed by atoms with Crippen LogP contribution in [0.4, 0.5) is 4.39 Å². The molecule has 0 amide bonds. The van der Waals surface area contributed by atoms with Gasteiger partial charge < -0.3 is 4.52 Å². The third-order valence-electron chi connectivity index (χ3n) is 4.84. The van der Waals surface area contributed by atoms with E-state index in [1.165, 1.54) is 6.07 Å². The van der Waals surface area contributed by atoms with Crippen LogP contribution in [0.2, 0.25) is 0 Å². The Balaban J connectivity index is 1.62. The summed E-state index contributed by atoms with van der Waals surface area (Å²) >= 11 is 0. The van der Waals surface area contributed by atoms with Gasteiger partial charge in [-0.2, -0.15) is 0 Å². The molecule has 1 atom stereocenters. The first-order chi connectivity index (χ1) is 12.6. The summed E-state index contributed by atoms with van der Waals surface area (Å²) in [5.41, 5.74) is 3.80. The predicted molar refractivity (Wildman–Crippen MR) is 93.6 cm³/mol. The average molecular weight is 353 g/mol. The summed E-state index contributed by atoms with van der Waals surface area (Å²) in [5, 5.41) is 4.00. The van der Waals surface area contributed by atoms with Gasteiger partial charge in [-0.05, 0) is 45.4 Å². The van der Waals surface area contributed by atoms with E-state index >= 15 is 0 Å². The number of pyridine rings is 1. The summed E-state index contributed by atoms with van der Waals surface area (Å²) in [6.45, 7) is 5.12. The maximum absolute atomic E-state index is 14.0. The van der Waals surface area contributed by atoms with E-state index < -0.39 is 0 Å². The molecule has 4 rings (SSSR count). The van der Waals surface area contributed by atoms with Crippen molar-refractivity contribution >= 4 is 0 Å². The highest BCUT2D eigenvalue weighted by Crippen LogP contribution is 2.33. The third-order valence-corrected chi connectivity index (χ3v) is 4.84. The van der Waals surface area contributed by atoms with E-state index in [9.17, 15) is 4.39 Å². The van der Waals surface area contributed by atoms with E-state index in [1.54, 1.807) is 24.7 Å². The Morgan fingerprint density at radius 3 is 2.96 bits per heavy atom. The Hall–Kier alpha value is -2.67. The van der Waals surface area contributed by atoms with Crippen molar-refractivity contribution in [1.82, 2.24) is 25.0 Å². The second-order valence-electron chi connectivity index (χ2n) is 6.59. The number of aromatic nitrogens is 4. The molecule has 3 aromatic heterocycles. The van der Waals surface area contributed by atoms with Gasteiger partial charge in [-0.25, -0.2) is 9.37 Å². The van der Waals surface area contributed by atoms with E-state index in [0.717, 1.165) is 47.8 Å². The molecule has 0 aromatic carbocycles. The first-order valence-electron chi connectivity index (χ1n) is 8.72. The number of aryl methyl sites for hydroxylation is 2.